The quantitative estimate of drug-likeness (QED) is 0.799. The van der Waals surface area contributed by atoms with Crippen LogP contribution in [0.3, 0.4) is 0 Å². The standard InChI is InChI=1S/C12H16FNO/c13-12-4-2-1-3-11(12)7-10-8-14-5-6-15-9-10/h1-4,10,14H,5-9H2. The van der Waals surface area contributed by atoms with E-state index in [9.17, 15) is 4.39 Å². The lowest BCUT2D eigenvalue weighted by atomic mass is 10.00. The molecule has 1 fully saturated rings. The van der Waals surface area contributed by atoms with Gasteiger partial charge in [0.2, 0.25) is 0 Å². The smallest absolute Gasteiger partial charge is 0.126 e. The van der Waals surface area contributed by atoms with Crippen molar-refractivity contribution in [3.05, 3.63) is 35.6 Å². The van der Waals surface area contributed by atoms with Crippen molar-refractivity contribution in [1.82, 2.24) is 5.32 Å². The fraction of sp³-hybridized carbons (Fsp3) is 0.500. The molecule has 0 radical (unpaired) electrons. The molecule has 1 heterocycles. The molecule has 15 heavy (non-hydrogen) atoms. The summed E-state index contributed by atoms with van der Waals surface area (Å²) in [7, 11) is 0. The molecule has 1 aliphatic rings. The van der Waals surface area contributed by atoms with E-state index < -0.39 is 0 Å². The number of rotatable bonds is 2. The van der Waals surface area contributed by atoms with Gasteiger partial charge in [0.15, 0.2) is 0 Å². The molecule has 3 heteroatoms. The summed E-state index contributed by atoms with van der Waals surface area (Å²) in [4.78, 5) is 0. The zero-order valence-electron chi connectivity index (χ0n) is 8.71. The molecular formula is C12H16FNO. The number of ether oxygens (including phenoxy) is 1. The molecule has 82 valence electrons. The van der Waals surface area contributed by atoms with Crippen molar-refractivity contribution < 1.29 is 9.13 Å². The van der Waals surface area contributed by atoms with Gasteiger partial charge in [0.25, 0.3) is 0 Å². The lowest BCUT2D eigenvalue weighted by Gasteiger charge is -2.13. The van der Waals surface area contributed by atoms with E-state index >= 15 is 0 Å². The minimum absolute atomic E-state index is 0.109. The van der Waals surface area contributed by atoms with Crippen LogP contribution < -0.4 is 5.32 Å². The van der Waals surface area contributed by atoms with Crippen LogP contribution >= 0.6 is 0 Å². The monoisotopic (exact) mass is 209 g/mol. The Kier molecular flexibility index (Phi) is 3.69. The zero-order chi connectivity index (χ0) is 10.5. The topological polar surface area (TPSA) is 21.3 Å². The Hall–Kier alpha value is -0.930. The minimum atomic E-state index is -0.109. The number of hydrogen-bond acceptors (Lipinski definition) is 2. The number of nitrogens with one attached hydrogen (secondary N) is 1. The number of hydrogen-bond donors (Lipinski definition) is 1. The van der Waals surface area contributed by atoms with Crippen LogP contribution in [0.25, 0.3) is 0 Å². The second-order valence-electron chi connectivity index (χ2n) is 3.94. The molecular weight excluding hydrogens is 193 g/mol. The van der Waals surface area contributed by atoms with Gasteiger partial charge < -0.3 is 10.1 Å². The first-order valence-electron chi connectivity index (χ1n) is 5.38. The van der Waals surface area contributed by atoms with Crippen molar-refractivity contribution in [3.63, 3.8) is 0 Å². The van der Waals surface area contributed by atoms with E-state index in [1.165, 1.54) is 6.07 Å². The van der Waals surface area contributed by atoms with E-state index in [-0.39, 0.29) is 5.82 Å². The summed E-state index contributed by atoms with van der Waals surface area (Å²) in [5, 5.41) is 3.29. The lowest BCUT2D eigenvalue weighted by molar-refractivity contribution is 0.123. The van der Waals surface area contributed by atoms with Crippen molar-refractivity contribution in [1.29, 1.82) is 0 Å². The molecule has 0 aliphatic carbocycles. The molecule has 2 nitrogen and oxygen atoms in total. The van der Waals surface area contributed by atoms with Crippen LogP contribution in [0.1, 0.15) is 5.56 Å². The van der Waals surface area contributed by atoms with Crippen LogP contribution in [-0.2, 0) is 11.2 Å². The van der Waals surface area contributed by atoms with Crippen LogP contribution in [-0.4, -0.2) is 26.3 Å². The van der Waals surface area contributed by atoms with Gasteiger partial charge >= 0.3 is 0 Å². The van der Waals surface area contributed by atoms with E-state index in [0.29, 0.717) is 5.92 Å². The average molecular weight is 209 g/mol. The van der Waals surface area contributed by atoms with Gasteiger partial charge in [0, 0.05) is 13.1 Å². The first kappa shape index (κ1) is 10.6. The summed E-state index contributed by atoms with van der Waals surface area (Å²) in [5.74, 6) is 0.270. The summed E-state index contributed by atoms with van der Waals surface area (Å²) < 4.78 is 18.8. The lowest BCUT2D eigenvalue weighted by Crippen LogP contribution is -2.24. The third-order valence-electron chi connectivity index (χ3n) is 2.68. The van der Waals surface area contributed by atoms with Crippen LogP contribution in [0.5, 0.6) is 0 Å². The molecule has 0 aromatic heterocycles. The Labute approximate surface area is 89.4 Å². The van der Waals surface area contributed by atoms with Crippen LogP contribution in [0.2, 0.25) is 0 Å². The van der Waals surface area contributed by atoms with Gasteiger partial charge in [0.1, 0.15) is 5.82 Å². The first-order valence-corrected chi connectivity index (χ1v) is 5.38. The largest absolute Gasteiger partial charge is 0.380 e. The molecule has 1 saturated heterocycles. The maximum Gasteiger partial charge on any atom is 0.126 e. The maximum absolute atomic E-state index is 13.4. The summed E-state index contributed by atoms with van der Waals surface area (Å²) in [6, 6.07) is 6.96. The number of halogens is 1. The molecule has 1 aromatic rings. The third kappa shape index (κ3) is 3.01. The van der Waals surface area contributed by atoms with E-state index in [1.807, 2.05) is 12.1 Å². The summed E-state index contributed by atoms with van der Waals surface area (Å²) >= 11 is 0. The van der Waals surface area contributed by atoms with E-state index in [0.717, 1.165) is 38.3 Å². The highest BCUT2D eigenvalue weighted by Crippen LogP contribution is 2.13. The summed E-state index contributed by atoms with van der Waals surface area (Å²) in [6.07, 6.45) is 0.750. The van der Waals surface area contributed by atoms with E-state index in [4.69, 9.17) is 4.74 Å². The van der Waals surface area contributed by atoms with Crippen LogP contribution in [0.15, 0.2) is 24.3 Å². The maximum atomic E-state index is 13.4. The first-order chi connectivity index (χ1) is 7.36. The molecule has 1 N–H and O–H groups in total. The van der Waals surface area contributed by atoms with Gasteiger partial charge in [-0.1, -0.05) is 18.2 Å². The Bertz CT molecular complexity index is 308. The van der Waals surface area contributed by atoms with Crippen molar-refractivity contribution in [3.8, 4) is 0 Å². The fourth-order valence-electron chi connectivity index (χ4n) is 1.87. The van der Waals surface area contributed by atoms with Crippen molar-refractivity contribution in [2.45, 2.75) is 6.42 Å². The fourth-order valence-corrected chi connectivity index (χ4v) is 1.87. The molecule has 1 atom stereocenters. The normalized spacial score (nSPS) is 22.3. The Morgan fingerprint density at radius 3 is 3.13 bits per heavy atom. The SMILES string of the molecule is Fc1ccccc1CC1CNCCOC1. The molecule has 0 bridgehead atoms. The van der Waals surface area contributed by atoms with Gasteiger partial charge in [0.05, 0.1) is 13.2 Å². The molecule has 0 saturated carbocycles. The van der Waals surface area contributed by atoms with Crippen molar-refractivity contribution in [2.24, 2.45) is 5.92 Å². The predicted octanol–water partition coefficient (Wildman–Crippen LogP) is 1.60. The van der Waals surface area contributed by atoms with Gasteiger partial charge in [-0.25, -0.2) is 4.39 Å². The highest BCUT2D eigenvalue weighted by atomic mass is 19.1. The molecule has 1 unspecified atom stereocenters. The highest BCUT2D eigenvalue weighted by Gasteiger charge is 2.14. The Balaban J connectivity index is 1.98. The van der Waals surface area contributed by atoms with Gasteiger partial charge in [-0.3, -0.25) is 0 Å². The second kappa shape index (κ2) is 5.24. The van der Waals surface area contributed by atoms with Crippen molar-refractivity contribution >= 4 is 0 Å². The van der Waals surface area contributed by atoms with Crippen LogP contribution in [0, 0.1) is 11.7 Å². The van der Waals surface area contributed by atoms with E-state index in [2.05, 4.69) is 5.32 Å². The predicted molar refractivity (Wildman–Crippen MR) is 57.3 cm³/mol. The zero-order valence-corrected chi connectivity index (χ0v) is 8.71. The second-order valence-corrected chi connectivity index (χ2v) is 3.94. The van der Waals surface area contributed by atoms with Gasteiger partial charge in [-0.15, -0.1) is 0 Å². The summed E-state index contributed by atoms with van der Waals surface area (Å²) in [6.45, 7) is 3.29. The molecule has 2 rings (SSSR count). The molecule has 0 spiro atoms. The number of benzene rings is 1. The average Bonchev–Trinajstić information content (AvgIpc) is 2.50. The molecule has 0 amide bonds. The highest BCUT2D eigenvalue weighted by molar-refractivity contribution is 5.17. The van der Waals surface area contributed by atoms with Gasteiger partial charge in [-0.2, -0.15) is 0 Å². The molecule has 1 aliphatic heterocycles. The van der Waals surface area contributed by atoms with Crippen molar-refractivity contribution in [2.75, 3.05) is 26.3 Å². The van der Waals surface area contributed by atoms with Gasteiger partial charge in [-0.05, 0) is 24.0 Å². The Morgan fingerprint density at radius 2 is 2.27 bits per heavy atom. The summed E-state index contributed by atoms with van der Waals surface area (Å²) in [5.41, 5.74) is 0.787. The minimum Gasteiger partial charge on any atom is -0.380 e. The van der Waals surface area contributed by atoms with Crippen LogP contribution in [0.4, 0.5) is 4.39 Å². The third-order valence-corrected chi connectivity index (χ3v) is 2.68. The molecule has 1 aromatic carbocycles. The Morgan fingerprint density at radius 1 is 1.40 bits per heavy atom. The van der Waals surface area contributed by atoms with E-state index in [1.54, 1.807) is 6.07 Å².